The molecular formula is C15H24N2O. The summed E-state index contributed by atoms with van der Waals surface area (Å²) in [6.07, 6.45) is 4.50. The lowest BCUT2D eigenvalue weighted by atomic mass is 9.76. The van der Waals surface area contributed by atoms with Crippen LogP contribution in [0.4, 0.5) is 11.4 Å². The summed E-state index contributed by atoms with van der Waals surface area (Å²) in [4.78, 5) is 0. The van der Waals surface area contributed by atoms with Crippen molar-refractivity contribution in [3.63, 3.8) is 0 Å². The van der Waals surface area contributed by atoms with Crippen molar-refractivity contribution < 1.29 is 5.11 Å². The Hall–Kier alpha value is -1.22. The summed E-state index contributed by atoms with van der Waals surface area (Å²) in [5, 5.41) is 13.3. The van der Waals surface area contributed by atoms with Crippen molar-refractivity contribution in [3.05, 3.63) is 23.8 Å². The Morgan fingerprint density at radius 2 is 2.28 bits per heavy atom. The lowest BCUT2D eigenvalue weighted by Crippen LogP contribution is -2.46. The van der Waals surface area contributed by atoms with Gasteiger partial charge in [0.1, 0.15) is 0 Å². The molecule has 0 aliphatic heterocycles. The average molecular weight is 248 g/mol. The van der Waals surface area contributed by atoms with E-state index in [-0.39, 0.29) is 12.1 Å². The summed E-state index contributed by atoms with van der Waals surface area (Å²) < 4.78 is 0. The van der Waals surface area contributed by atoms with Crippen LogP contribution in [0.25, 0.3) is 0 Å². The van der Waals surface area contributed by atoms with Crippen LogP contribution >= 0.6 is 0 Å². The van der Waals surface area contributed by atoms with Crippen LogP contribution in [0.15, 0.2) is 18.2 Å². The van der Waals surface area contributed by atoms with Crippen LogP contribution in [0.3, 0.4) is 0 Å². The van der Waals surface area contributed by atoms with Crippen LogP contribution in [0.1, 0.15) is 38.2 Å². The van der Waals surface area contributed by atoms with E-state index in [0.29, 0.717) is 5.92 Å². The molecule has 1 fully saturated rings. The van der Waals surface area contributed by atoms with Crippen LogP contribution in [-0.4, -0.2) is 17.3 Å². The van der Waals surface area contributed by atoms with Crippen molar-refractivity contribution in [1.82, 2.24) is 0 Å². The number of aliphatic hydroxyl groups excluding tert-OH is 1. The number of nitrogens with one attached hydrogen (secondary N) is 1. The van der Waals surface area contributed by atoms with Gasteiger partial charge in [-0.1, -0.05) is 25.8 Å². The maximum absolute atomic E-state index is 9.79. The van der Waals surface area contributed by atoms with Crippen LogP contribution in [0.2, 0.25) is 0 Å². The van der Waals surface area contributed by atoms with E-state index in [4.69, 9.17) is 5.73 Å². The number of nitrogen functional groups attached to an aromatic ring is 1. The topological polar surface area (TPSA) is 58.3 Å². The second kappa shape index (κ2) is 5.19. The number of aliphatic hydroxyl groups is 1. The summed E-state index contributed by atoms with van der Waals surface area (Å²) in [5.41, 5.74) is 8.69. The minimum atomic E-state index is -0.170. The summed E-state index contributed by atoms with van der Waals surface area (Å²) in [5.74, 6) is 0.666. The molecule has 1 aliphatic rings. The fourth-order valence-electron chi connectivity index (χ4n) is 3.03. The van der Waals surface area contributed by atoms with E-state index in [1.807, 2.05) is 25.1 Å². The zero-order valence-electron chi connectivity index (χ0n) is 11.4. The van der Waals surface area contributed by atoms with Gasteiger partial charge < -0.3 is 16.2 Å². The highest BCUT2D eigenvalue weighted by Crippen LogP contribution is 2.36. The zero-order valence-corrected chi connectivity index (χ0v) is 11.4. The molecule has 3 heteroatoms. The molecule has 1 aromatic carbocycles. The highest BCUT2D eigenvalue weighted by atomic mass is 16.3. The molecule has 0 bridgehead atoms. The molecule has 2 atom stereocenters. The monoisotopic (exact) mass is 248 g/mol. The first kappa shape index (κ1) is 13.2. The van der Waals surface area contributed by atoms with Gasteiger partial charge in [0.05, 0.1) is 12.1 Å². The second-order valence-electron chi connectivity index (χ2n) is 5.78. The Morgan fingerprint density at radius 3 is 2.94 bits per heavy atom. The van der Waals surface area contributed by atoms with Gasteiger partial charge in [-0.15, -0.1) is 0 Å². The fourth-order valence-corrected chi connectivity index (χ4v) is 3.03. The van der Waals surface area contributed by atoms with E-state index in [1.165, 1.54) is 12.8 Å². The maximum atomic E-state index is 9.79. The van der Waals surface area contributed by atoms with E-state index in [0.717, 1.165) is 29.8 Å². The molecule has 0 amide bonds. The van der Waals surface area contributed by atoms with Crippen molar-refractivity contribution in [2.45, 2.75) is 45.1 Å². The highest BCUT2D eigenvalue weighted by molar-refractivity contribution is 5.63. The molecule has 4 N–H and O–H groups in total. The molecule has 2 unspecified atom stereocenters. The minimum absolute atomic E-state index is 0.170. The SMILES string of the molecule is Cc1c(N)cccc1NC1(CO)CCCC(C)C1. The van der Waals surface area contributed by atoms with Crippen molar-refractivity contribution >= 4 is 11.4 Å². The summed E-state index contributed by atoms with van der Waals surface area (Å²) >= 11 is 0. The van der Waals surface area contributed by atoms with E-state index in [2.05, 4.69) is 12.2 Å². The zero-order chi connectivity index (χ0) is 13.2. The smallest absolute Gasteiger partial charge is 0.0661 e. The third-order valence-corrected chi connectivity index (χ3v) is 4.17. The molecule has 3 nitrogen and oxygen atoms in total. The molecule has 1 saturated carbocycles. The minimum Gasteiger partial charge on any atom is -0.398 e. The molecule has 0 aromatic heterocycles. The molecule has 100 valence electrons. The largest absolute Gasteiger partial charge is 0.398 e. The molecular weight excluding hydrogens is 224 g/mol. The van der Waals surface area contributed by atoms with E-state index in [1.54, 1.807) is 0 Å². The first-order chi connectivity index (χ1) is 8.56. The highest BCUT2D eigenvalue weighted by Gasteiger charge is 2.34. The number of hydrogen-bond donors (Lipinski definition) is 3. The Labute approximate surface area is 109 Å². The molecule has 0 saturated heterocycles. The Kier molecular flexibility index (Phi) is 3.81. The van der Waals surface area contributed by atoms with Gasteiger partial charge in [0.2, 0.25) is 0 Å². The fraction of sp³-hybridized carbons (Fsp3) is 0.600. The lowest BCUT2D eigenvalue weighted by molar-refractivity contribution is 0.149. The van der Waals surface area contributed by atoms with Crippen molar-refractivity contribution in [2.24, 2.45) is 5.92 Å². The van der Waals surface area contributed by atoms with E-state index >= 15 is 0 Å². The predicted molar refractivity (Wildman–Crippen MR) is 76.7 cm³/mol. The van der Waals surface area contributed by atoms with Gasteiger partial charge in [0.25, 0.3) is 0 Å². The average Bonchev–Trinajstić information content (AvgIpc) is 2.35. The number of rotatable bonds is 3. The third-order valence-electron chi connectivity index (χ3n) is 4.17. The van der Waals surface area contributed by atoms with Gasteiger partial charge in [0, 0.05) is 11.4 Å². The Balaban J connectivity index is 2.22. The van der Waals surface area contributed by atoms with Gasteiger partial charge in [-0.05, 0) is 43.4 Å². The van der Waals surface area contributed by atoms with E-state index < -0.39 is 0 Å². The standard InChI is InChI=1S/C15H24N2O/c1-11-5-4-8-15(9-11,10-18)17-14-7-3-6-13(16)12(14)2/h3,6-7,11,17-18H,4-5,8-10,16H2,1-2H3. The number of nitrogens with two attached hydrogens (primary N) is 1. The van der Waals surface area contributed by atoms with Gasteiger partial charge in [0.15, 0.2) is 0 Å². The molecule has 1 aromatic rings. The second-order valence-corrected chi connectivity index (χ2v) is 5.78. The molecule has 0 spiro atoms. The quantitative estimate of drug-likeness (QED) is 0.721. The number of benzene rings is 1. The van der Waals surface area contributed by atoms with Crippen molar-refractivity contribution in [2.75, 3.05) is 17.7 Å². The van der Waals surface area contributed by atoms with Crippen LogP contribution in [-0.2, 0) is 0 Å². The number of anilines is 2. The molecule has 18 heavy (non-hydrogen) atoms. The van der Waals surface area contributed by atoms with Crippen molar-refractivity contribution in [3.8, 4) is 0 Å². The normalized spacial score (nSPS) is 28.1. The first-order valence-corrected chi connectivity index (χ1v) is 6.80. The van der Waals surface area contributed by atoms with Gasteiger partial charge in [-0.25, -0.2) is 0 Å². The van der Waals surface area contributed by atoms with E-state index in [9.17, 15) is 5.11 Å². The molecule has 0 heterocycles. The summed E-state index contributed by atoms with van der Waals surface area (Å²) in [7, 11) is 0. The molecule has 0 radical (unpaired) electrons. The van der Waals surface area contributed by atoms with Gasteiger partial charge in [-0.3, -0.25) is 0 Å². The van der Waals surface area contributed by atoms with Crippen molar-refractivity contribution in [1.29, 1.82) is 0 Å². The number of hydrogen-bond acceptors (Lipinski definition) is 3. The van der Waals surface area contributed by atoms with Crippen LogP contribution in [0.5, 0.6) is 0 Å². The summed E-state index contributed by atoms with van der Waals surface area (Å²) in [6.45, 7) is 4.47. The van der Waals surface area contributed by atoms with Crippen LogP contribution in [0, 0.1) is 12.8 Å². The van der Waals surface area contributed by atoms with Crippen LogP contribution < -0.4 is 11.1 Å². The van der Waals surface area contributed by atoms with Gasteiger partial charge >= 0.3 is 0 Å². The third kappa shape index (κ3) is 2.61. The van der Waals surface area contributed by atoms with Gasteiger partial charge in [-0.2, -0.15) is 0 Å². The molecule has 2 rings (SSSR count). The predicted octanol–water partition coefficient (Wildman–Crippen LogP) is 2.93. The Morgan fingerprint density at radius 1 is 1.50 bits per heavy atom. The lowest BCUT2D eigenvalue weighted by Gasteiger charge is -2.40. The summed E-state index contributed by atoms with van der Waals surface area (Å²) in [6, 6.07) is 5.92. The Bertz CT molecular complexity index is 419. The molecule has 1 aliphatic carbocycles. The first-order valence-electron chi connectivity index (χ1n) is 6.80. The maximum Gasteiger partial charge on any atom is 0.0661 e.